The van der Waals surface area contributed by atoms with Crippen molar-refractivity contribution in [2.45, 2.75) is 39.3 Å². The van der Waals surface area contributed by atoms with Crippen LogP contribution in [0, 0.1) is 0 Å². The standard InChI is InChI=1S/C15H28N2O2/c1-4-8-16-14(2)15-7-5-9-17(15)10-6-11-19-13-12-18-3/h5,7,9,14,16H,4,6,8,10-13H2,1-3H3. The maximum atomic E-state index is 5.48. The summed E-state index contributed by atoms with van der Waals surface area (Å²) in [7, 11) is 1.69. The molecule has 0 aromatic carbocycles. The first kappa shape index (κ1) is 16.2. The molecule has 1 rings (SSSR count). The maximum absolute atomic E-state index is 5.48. The van der Waals surface area contributed by atoms with Crippen LogP contribution in [0.2, 0.25) is 0 Å². The number of hydrogen-bond donors (Lipinski definition) is 1. The van der Waals surface area contributed by atoms with Crippen LogP contribution in [0.4, 0.5) is 0 Å². The van der Waals surface area contributed by atoms with E-state index in [4.69, 9.17) is 9.47 Å². The third kappa shape index (κ3) is 6.23. The molecule has 0 aliphatic heterocycles. The number of rotatable bonds is 11. The van der Waals surface area contributed by atoms with Gasteiger partial charge in [-0.3, -0.25) is 0 Å². The van der Waals surface area contributed by atoms with Crippen molar-refractivity contribution in [3.8, 4) is 0 Å². The molecule has 0 aliphatic carbocycles. The van der Waals surface area contributed by atoms with E-state index < -0.39 is 0 Å². The summed E-state index contributed by atoms with van der Waals surface area (Å²) in [6.07, 6.45) is 4.35. The Morgan fingerprint density at radius 3 is 2.89 bits per heavy atom. The molecule has 19 heavy (non-hydrogen) atoms. The molecule has 4 heteroatoms. The van der Waals surface area contributed by atoms with Gasteiger partial charge in [-0.25, -0.2) is 0 Å². The van der Waals surface area contributed by atoms with Gasteiger partial charge in [0.1, 0.15) is 0 Å². The van der Waals surface area contributed by atoms with E-state index in [1.54, 1.807) is 7.11 Å². The lowest BCUT2D eigenvalue weighted by molar-refractivity contribution is 0.0679. The zero-order valence-corrected chi connectivity index (χ0v) is 12.5. The van der Waals surface area contributed by atoms with E-state index in [1.807, 2.05) is 0 Å². The summed E-state index contributed by atoms with van der Waals surface area (Å²) in [6.45, 7) is 8.63. The summed E-state index contributed by atoms with van der Waals surface area (Å²) in [5.41, 5.74) is 1.35. The van der Waals surface area contributed by atoms with Crippen molar-refractivity contribution in [2.24, 2.45) is 0 Å². The van der Waals surface area contributed by atoms with Crippen molar-refractivity contribution in [3.05, 3.63) is 24.0 Å². The minimum Gasteiger partial charge on any atom is -0.382 e. The van der Waals surface area contributed by atoms with Gasteiger partial charge in [-0.2, -0.15) is 0 Å². The van der Waals surface area contributed by atoms with E-state index in [-0.39, 0.29) is 0 Å². The Morgan fingerprint density at radius 1 is 1.32 bits per heavy atom. The Balaban J connectivity index is 2.28. The molecular formula is C15H28N2O2. The first-order valence-corrected chi connectivity index (χ1v) is 7.24. The second-order valence-electron chi connectivity index (χ2n) is 4.76. The van der Waals surface area contributed by atoms with Crippen molar-refractivity contribution in [1.29, 1.82) is 0 Å². The highest BCUT2D eigenvalue weighted by molar-refractivity contribution is 5.11. The predicted octanol–water partition coefficient (Wildman–Crippen LogP) is 2.60. The third-order valence-electron chi connectivity index (χ3n) is 3.13. The molecule has 1 N–H and O–H groups in total. The van der Waals surface area contributed by atoms with Gasteiger partial charge in [0.05, 0.1) is 13.2 Å². The lowest BCUT2D eigenvalue weighted by Gasteiger charge is -2.17. The SMILES string of the molecule is CCCNC(C)c1cccn1CCCOCCOC. The normalized spacial score (nSPS) is 12.8. The maximum Gasteiger partial charge on any atom is 0.0700 e. The minimum atomic E-state index is 0.407. The molecular weight excluding hydrogens is 240 g/mol. The van der Waals surface area contributed by atoms with E-state index in [2.05, 4.69) is 42.1 Å². The van der Waals surface area contributed by atoms with Gasteiger partial charge in [0, 0.05) is 38.2 Å². The van der Waals surface area contributed by atoms with Gasteiger partial charge in [-0.1, -0.05) is 6.92 Å². The van der Waals surface area contributed by atoms with Crippen LogP contribution in [0.3, 0.4) is 0 Å². The van der Waals surface area contributed by atoms with Crippen LogP contribution in [0.5, 0.6) is 0 Å². The van der Waals surface area contributed by atoms with Crippen molar-refractivity contribution >= 4 is 0 Å². The van der Waals surface area contributed by atoms with Gasteiger partial charge < -0.3 is 19.4 Å². The smallest absolute Gasteiger partial charge is 0.0700 e. The summed E-state index contributed by atoms with van der Waals surface area (Å²) < 4.78 is 12.7. The van der Waals surface area contributed by atoms with Crippen LogP contribution in [-0.2, 0) is 16.0 Å². The van der Waals surface area contributed by atoms with Crippen molar-refractivity contribution in [3.63, 3.8) is 0 Å². The van der Waals surface area contributed by atoms with E-state index in [0.29, 0.717) is 19.3 Å². The molecule has 4 nitrogen and oxygen atoms in total. The summed E-state index contributed by atoms with van der Waals surface area (Å²) in [4.78, 5) is 0. The van der Waals surface area contributed by atoms with Gasteiger partial charge in [0.15, 0.2) is 0 Å². The van der Waals surface area contributed by atoms with Gasteiger partial charge in [0.25, 0.3) is 0 Å². The monoisotopic (exact) mass is 268 g/mol. The Kier molecular flexibility index (Phi) is 8.54. The van der Waals surface area contributed by atoms with Gasteiger partial charge in [0.2, 0.25) is 0 Å². The second kappa shape index (κ2) is 10.0. The largest absolute Gasteiger partial charge is 0.382 e. The summed E-state index contributed by atoms with van der Waals surface area (Å²) >= 11 is 0. The van der Waals surface area contributed by atoms with E-state index >= 15 is 0 Å². The molecule has 0 saturated heterocycles. The summed E-state index contributed by atoms with van der Waals surface area (Å²) in [5, 5.41) is 3.52. The molecule has 0 saturated carbocycles. The molecule has 0 amide bonds. The van der Waals surface area contributed by atoms with Gasteiger partial charge >= 0.3 is 0 Å². The summed E-state index contributed by atoms with van der Waals surface area (Å²) in [5.74, 6) is 0. The van der Waals surface area contributed by atoms with Crippen LogP contribution in [-0.4, -0.2) is 38.0 Å². The summed E-state index contributed by atoms with van der Waals surface area (Å²) in [6, 6.07) is 4.72. The van der Waals surface area contributed by atoms with Crippen LogP contribution in [0.15, 0.2) is 18.3 Å². The molecule has 1 atom stereocenters. The van der Waals surface area contributed by atoms with E-state index in [1.165, 1.54) is 12.1 Å². The average Bonchev–Trinajstić information content (AvgIpc) is 2.88. The van der Waals surface area contributed by atoms with Gasteiger partial charge in [-0.05, 0) is 38.4 Å². The fraction of sp³-hybridized carbons (Fsp3) is 0.733. The Hall–Kier alpha value is -0.840. The highest BCUT2D eigenvalue weighted by Gasteiger charge is 2.08. The number of nitrogens with one attached hydrogen (secondary N) is 1. The number of aryl methyl sites for hydroxylation is 1. The van der Waals surface area contributed by atoms with Crippen molar-refractivity contribution < 1.29 is 9.47 Å². The molecule has 1 heterocycles. The molecule has 1 aromatic heterocycles. The van der Waals surface area contributed by atoms with Crippen LogP contribution >= 0.6 is 0 Å². The topological polar surface area (TPSA) is 35.4 Å². The quantitative estimate of drug-likeness (QED) is 0.627. The molecule has 0 radical (unpaired) electrons. The molecule has 0 aliphatic rings. The molecule has 110 valence electrons. The zero-order valence-electron chi connectivity index (χ0n) is 12.5. The minimum absolute atomic E-state index is 0.407. The lowest BCUT2D eigenvalue weighted by Crippen LogP contribution is -2.22. The number of methoxy groups -OCH3 is 1. The number of nitrogens with zero attached hydrogens (tertiary/aromatic N) is 1. The number of aromatic nitrogens is 1. The first-order chi connectivity index (χ1) is 9.29. The molecule has 0 spiro atoms. The molecule has 0 bridgehead atoms. The number of ether oxygens (including phenoxy) is 2. The van der Waals surface area contributed by atoms with Gasteiger partial charge in [-0.15, -0.1) is 0 Å². The fourth-order valence-electron chi connectivity index (χ4n) is 2.07. The Bertz CT molecular complexity index is 326. The van der Waals surface area contributed by atoms with E-state index in [0.717, 1.165) is 26.1 Å². The first-order valence-electron chi connectivity index (χ1n) is 7.24. The molecule has 1 aromatic rings. The van der Waals surface area contributed by atoms with E-state index in [9.17, 15) is 0 Å². The average molecular weight is 268 g/mol. The van der Waals surface area contributed by atoms with Crippen LogP contribution < -0.4 is 5.32 Å². The van der Waals surface area contributed by atoms with Crippen LogP contribution in [0.1, 0.15) is 38.4 Å². The Morgan fingerprint density at radius 2 is 2.16 bits per heavy atom. The Labute approximate surface area is 117 Å². The second-order valence-corrected chi connectivity index (χ2v) is 4.76. The number of hydrogen-bond acceptors (Lipinski definition) is 3. The molecule has 1 unspecified atom stereocenters. The lowest BCUT2D eigenvalue weighted by atomic mass is 10.2. The zero-order chi connectivity index (χ0) is 13.9. The highest BCUT2D eigenvalue weighted by atomic mass is 16.5. The van der Waals surface area contributed by atoms with Crippen molar-refractivity contribution in [2.75, 3.05) is 33.5 Å². The fourth-order valence-corrected chi connectivity index (χ4v) is 2.07. The third-order valence-corrected chi connectivity index (χ3v) is 3.13. The van der Waals surface area contributed by atoms with Crippen molar-refractivity contribution in [1.82, 2.24) is 9.88 Å². The molecule has 0 fully saturated rings. The predicted molar refractivity (Wildman–Crippen MR) is 78.5 cm³/mol. The highest BCUT2D eigenvalue weighted by Crippen LogP contribution is 2.13. The van der Waals surface area contributed by atoms with Crippen LogP contribution in [0.25, 0.3) is 0 Å².